The summed E-state index contributed by atoms with van der Waals surface area (Å²) < 4.78 is 13.2. The lowest BCUT2D eigenvalue weighted by Crippen LogP contribution is -2.01. The molecule has 0 saturated heterocycles. The first-order valence-electron chi connectivity index (χ1n) is 9.25. The van der Waals surface area contributed by atoms with Crippen molar-refractivity contribution in [2.24, 2.45) is 0 Å². The van der Waals surface area contributed by atoms with Gasteiger partial charge in [-0.25, -0.2) is 4.98 Å². The van der Waals surface area contributed by atoms with Gasteiger partial charge in [0.25, 0.3) is 0 Å². The molecule has 1 aromatic carbocycles. The lowest BCUT2D eigenvalue weighted by molar-refractivity contribution is 0.566. The van der Waals surface area contributed by atoms with Crippen molar-refractivity contribution >= 4 is 77.0 Å². The minimum atomic E-state index is 0.876. The molecule has 3 aromatic heterocycles. The lowest BCUT2D eigenvalue weighted by atomic mass is 10.1. The molecule has 0 fully saturated rings. The van der Waals surface area contributed by atoms with Gasteiger partial charge in [-0.05, 0) is 49.7 Å². The van der Waals surface area contributed by atoms with E-state index in [1.54, 1.807) is 11.3 Å². The normalized spacial score (nSPS) is 11.8. The molecule has 142 valence electrons. The molecule has 27 heavy (non-hydrogen) atoms. The van der Waals surface area contributed by atoms with Crippen LogP contribution in [0.25, 0.3) is 32.8 Å². The van der Waals surface area contributed by atoms with Crippen molar-refractivity contribution in [1.29, 1.82) is 0 Å². The van der Waals surface area contributed by atoms with Gasteiger partial charge in [0.05, 0.1) is 31.1 Å². The Hall–Kier alpha value is -0.830. The zero-order valence-electron chi connectivity index (χ0n) is 15.0. The standard InChI is InChI=1S/C19H20Br2N4S2/c1-2-3-4-5-6-7-10-25-18-14(21)16-15(23-27-24-16)13(20)17(18)22-19(25)12-9-8-11-26-12/h8-9,11H,2-7,10H2,1H3. The summed E-state index contributed by atoms with van der Waals surface area (Å²) in [6, 6.07) is 4.23. The fraction of sp³-hybridized carbons (Fsp3) is 0.421. The van der Waals surface area contributed by atoms with E-state index in [2.05, 4.69) is 69.6 Å². The number of unbranched alkanes of at least 4 members (excludes halogenated alkanes) is 5. The molecule has 0 aliphatic carbocycles. The Morgan fingerprint density at radius 3 is 2.44 bits per heavy atom. The molecule has 0 unspecified atom stereocenters. The highest BCUT2D eigenvalue weighted by Gasteiger charge is 2.22. The summed E-state index contributed by atoms with van der Waals surface area (Å²) in [6.45, 7) is 3.22. The Morgan fingerprint density at radius 1 is 0.963 bits per heavy atom. The number of benzene rings is 1. The molecule has 8 heteroatoms. The third-order valence-corrected chi connectivity index (χ3v) is 7.66. The van der Waals surface area contributed by atoms with Crippen molar-refractivity contribution in [2.45, 2.75) is 52.0 Å². The molecule has 4 nitrogen and oxygen atoms in total. The highest BCUT2D eigenvalue weighted by atomic mass is 79.9. The van der Waals surface area contributed by atoms with Crippen LogP contribution in [0.1, 0.15) is 45.4 Å². The van der Waals surface area contributed by atoms with E-state index in [4.69, 9.17) is 4.98 Å². The van der Waals surface area contributed by atoms with Gasteiger partial charge >= 0.3 is 0 Å². The van der Waals surface area contributed by atoms with E-state index in [1.165, 1.54) is 48.7 Å². The lowest BCUT2D eigenvalue weighted by Gasteiger charge is -2.10. The zero-order valence-corrected chi connectivity index (χ0v) is 19.8. The molecule has 0 spiro atoms. The molecule has 3 heterocycles. The van der Waals surface area contributed by atoms with Crippen LogP contribution in [-0.2, 0) is 6.54 Å². The summed E-state index contributed by atoms with van der Waals surface area (Å²) >= 11 is 10.5. The molecule has 0 radical (unpaired) electrons. The molecule has 4 aromatic rings. The van der Waals surface area contributed by atoms with E-state index in [-0.39, 0.29) is 0 Å². The average molecular weight is 528 g/mol. The Morgan fingerprint density at radius 2 is 1.70 bits per heavy atom. The third-order valence-electron chi connectivity index (χ3n) is 4.76. The molecular weight excluding hydrogens is 508 g/mol. The van der Waals surface area contributed by atoms with Gasteiger partial charge in [0.15, 0.2) is 5.82 Å². The summed E-state index contributed by atoms with van der Waals surface area (Å²) in [5.41, 5.74) is 3.85. The van der Waals surface area contributed by atoms with Crippen LogP contribution < -0.4 is 0 Å². The highest BCUT2D eigenvalue weighted by Crippen LogP contribution is 2.41. The van der Waals surface area contributed by atoms with E-state index in [1.807, 2.05) is 0 Å². The average Bonchev–Trinajstić information content (AvgIpc) is 3.41. The van der Waals surface area contributed by atoms with Crippen LogP contribution >= 0.6 is 54.9 Å². The highest BCUT2D eigenvalue weighted by molar-refractivity contribution is 9.11. The van der Waals surface area contributed by atoms with E-state index in [0.29, 0.717) is 0 Å². The third kappa shape index (κ3) is 3.73. The van der Waals surface area contributed by atoms with E-state index < -0.39 is 0 Å². The summed E-state index contributed by atoms with van der Waals surface area (Å²) in [7, 11) is 0. The van der Waals surface area contributed by atoms with Crippen LogP contribution in [0.15, 0.2) is 26.5 Å². The largest absolute Gasteiger partial charge is 0.322 e. The SMILES string of the molecule is CCCCCCCCn1c(-c2cccs2)nc2c(Br)c3nsnc3c(Br)c21. The number of nitrogens with zero attached hydrogens (tertiary/aromatic N) is 4. The van der Waals surface area contributed by atoms with Gasteiger partial charge in [-0.2, -0.15) is 8.75 Å². The molecule has 0 amide bonds. The van der Waals surface area contributed by atoms with Crippen molar-refractivity contribution in [3.63, 3.8) is 0 Å². The second-order valence-corrected chi connectivity index (χ2v) is 9.68. The van der Waals surface area contributed by atoms with Gasteiger partial charge in [-0.1, -0.05) is 45.1 Å². The van der Waals surface area contributed by atoms with Crippen molar-refractivity contribution in [1.82, 2.24) is 18.3 Å². The van der Waals surface area contributed by atoms with Crippen molar-refractivity contribution in [3.8, 4) is 10.7 Å². The smallest absolute Gasteiger partial charge is 0.151 e. The fourth-order valence-corrected chi connectivity index (χ4v) is 6.14. The minimum Gasteiger partial charge on any atom is -0.322 e. The van der Waals surface area contributed by atoms with Gasteiger partial charge in [0.1, 0.15) is 16.6 Å². The maximum atomic E-state index is 5.01. The van der Waals surface area contributed by atoms with Gasteiger partial charge in [0, 0.05) is 6.54 Å². The van der Waals surface area contributed by atoms with Gasteiger partial charge in [0.2, 0.25) is 0 Å². The van der Waals surface area contributed by atoms with Crippen LogP contribution in [0.2, 0.25) is 0 Å². The first-order chi connectivity index (χ1) is 13.2. The van der Waals surface area contributed by atoms with Gasteiger partial charge in [-0.3, -0.25) is 0 Å². The number of aryl methyl sites for hydroxylation is 1. The van der Waals surface area contributed by atoms with Gasteiger partial charge < -0.3 is 4.57 Å². The Labute approximate surface area is 183 Å². The van der Waals surface area contributed by atoms with E-state index >= 15 is 0 Å². The topological polar surface area (TPSA) is 43.6 Å². The minimum absolute atomic E-state index is 0.876. The first kappa shape index (κ1) is 19.5. The summed E-state index contributed by atoms with van der Waals surface area (Å²) in [6.07, 6.45) is 7.67. The number of aromatic nitrogens is 4. The Bertz CT molecular complexity index is 1050. The fourth-order valence-electron chi connectivity index (χ4n) is 3.39. The van der Waals surface area contributed by atoms with Crippen molar-refractivity contribution in [2.75, 3.05) is 0 Å². The molecule has 0 atom stereocenters. The summed E-state index contributed by atoms with van der Waals surface area (Å²) in [5.74, 6) is 1.03. The van der Waals surface area contributed by atoms with Crippen molar-refractivity contribution in [3.05, 3.63) is 26.5 Å². The van der Waals surface area contributed by atoms with Crippen LogP contribution in [0.5, 0.6) is 0 Å². The number of halogens is 2. The van der Waals surface area contributed by atoms with Crippen molar-refractivity contribution < 1.29 is 0 Å². The second kappa shape index (κ2) is 8.68. The number of hydrogen-bond acceptors (Lipinski definition) is 5. The summed E-state index contributed by atoms with van der Waals surface area (Å²) in [5, 5.41) is 2.11. The van der Waals surface area contributed by atoms with Gasteiger partial charge in [-0.15, -0.1) is 11.3 Å². The zero-order chi connectivity index (χ0) is 18.8. The Balaban J connectivity index is 1.76. The molecule has 0 saturated carbocycles. The number of imidazole rings is 1. The first-order valence-corrected chi connectivity index (χ1v) is 12.4. The number of hydrogen-bond donors (Lipinski definition) is 0. The Kier molecular flexibility index (Phi) is 6.26. The van der Waals surface area contributed by atoms with Crippen LogP contribution in [0, 0.1) is 0 Å². The van der Waals surface area contributed by atoms with Crippen LogP contribution in [0.3, 0.4) is 0 Å². The van der Waals surface area contributed by atoms with Crippen LogP contribution in [0.4, 0.5) is 0 Å². The number of rotatable bonds is 8. The molecule has 4 rings (SSSR count). The second-order valence-electron chi connectivity index (χ2n) is 6.62. The molecule has 0 N–H and O–H groups in total. The monoisotopic (exact) mass is 526 g/mol. The number of fused-ring (bicyclic) bond motifs is 2. The maximum absolute atomic E-state index is 5.01. The molecule has 0 aliphatic rings. The molecular formula is C19H20Br2N4S2. The quantitative estimate of drug-likeness (QED) is 0.221. The molecule has 0 aliphatic heterocycles. The number of thiophene rings is 1. The summed E-state index contributed by atoms with van der Waals surface area (Å²) in [4.78, 5) is 6.20. The van der Waals surface area contributed by atoms with Crippen LogP contribution in [-0.4, -0.2) is 18.3 Å². The van der Waals surface area contributed by atoms with E-state index in [9.17, 15) is 0 Å². The molecule has 0 bridgehead atoms. The van der Waals surface area contributed by atoms with E-state index in [0.717, 1.165) is 49.8 Å². The maximum Gasteiger partial charge on any atom is 0.151 e. The predicted molar refractivity (Wildman–Crippen MR) is 123 cm³/mol. The predicted octanol–water partition coefficient (Wildman–Crippen LogP) is 7.66.